The highest BCUT2D eigenvalue weighted by Crippen LogP contribution is 2.33. The summed E-state index contributed by atoms with van der Waals surface area (Å²) in [6.07, 6.45) is 3.35. The largest absolute Gasteiger partial charge is 0.398 e. The van der Waals surface area contributed by atoms with Crippen LogP contribution in [0.1, 0.15) is 15.9 Å². The van der Waals surface area contributed by atoms with E-state index in [1.807, 2.05) is 0 Å². The van der Waals surface area contributed by atoms with E-state index in [1.165, 1.54) is 4.68 Å². The normalized spacial score (nSPS) is 12.6. The maximum Gasteiger partial charge on any atom is 0.398 e. The van der Waals surface area contributed by atoms with Crippen LogP contribution in [0.4, 0.5) is 11.5 Å². The van der Waals surface area contributed by atoms with E-state index in [0.29, 0.717) is 45.5 Å². The number of nitrogens with one attached hydrogen (secondary N) is 2. The van der Waals surface area contributed by atoms with Crippen molar-refractivity contribution >= 4 is 39.2 Å². The second kappa shape index (κ2) is 8.15. The molecule has 1 aliphatic rings. The summed E-state index contributed by atoms with van der Waals surface area (Å²) < 4.78 is 2.04. The summed E-state index contributed by atoms with van der Waals surface area (Å²) in [6.45, 7) is 3.94. The average Bonchev–Trinajstić information content (AvgIpc) is 3.19. The summed E-state index contributed by atoms with van der Waals surface area (Å²) in [5, 5.41) is 21.3. The van der Waals surface area contributed by atoms with Gasteiger partial charge in [-0.2, -0.15) is 0 Å². The molecule has 0 aliphatic carbocycles. The Labute approximate surface area is 185 Å². The lowest BCUT2D eigenvalue weighted by Crippen LogP contribution is -2.31. The highest BCUT2D eigenvalue weighted by molar-refractivity contribution is 9.10. The zero-order valence-corrected chi connectivity index (χ0v) is 17.7. The zero-order chi connectivity index (χ0) is 22.1. The molecule has 2 aromatic carbocycles. The molecule has 2 N–H and O–H groups in total. The molecule has 10 heteroatoms. The molecule has 0 spiro atoms. The van der Waals surface area contributed by atoms with Crippen LogP contribution in [-0.4, -0.2) is 33.1 Å². The van der Waals surface area contributed by atoms with Crippen LogP contribution in [-0.2, 0) is 11.2 Å². The van der Waals surface area contributed by atoms with Gasteiger partial charge >= 0.3 is 5.82 Å². The lowest BCUT2D eigenvalue weighted by molar-refractivity contribution is -0.389. The van der Waals surface area contributed by atoms with E-state index in [0.717, 1.165) is 11.6 Å². The van der Waals surface area contributed by atoms with Gasteiger partial charge in [-0.25, -0.2) is 0 Å². The monoisotopic (exact) mass is 481 g/mol. The number of carbonyl (C=O) groups is 2. The number of benzene rings is 2. The Morgan fingerprint density at radius 2 is 2.10 bits per heavy atom. The minimum absolute atomic E-state index is 0.152. The van der Waals surface area contributed by atoms with Gasteiger partial charge in [-0.3, -0.25) is 9.59 Å². The minimum Gasteiger partial charge on any atom is -0.358 e. The van der Waals surface area contributed by atoms with Crippen molar-refractivity contribution in [1.82, 2.24) is 15.1 Å². The molecule has 0 radical (unpaired) electrons. The minimum atomic E-state index is -0.545. The van der Waals surface area contributed by atoms with Crippen molar-refractivity contribution in [1.29, 1.82) is 0 Å². The zero-order valence-electron chi connectivity index (χ0n) is 16.1. The number of rotatable bonds is 5. The highest BCUT2D eigenvalue weighted by Gasteiger charge is 2.25. The van der Waals surface area contributed by atoms with Crippen LogP contribution in [0.15, 0.2) is 59.7 Å². The van der Waals surface area contributed by atoms with Crippen LogP contribution in [0.2, 0.25) is 0 Å². The highest BCUT2D eigenvalue weighted by atomic mass is 79.9. The third kappa shape index (κ3) is 4.10. The van der Waals surface area contributed by atoms with Crippen LogP contribution in [0.5, 0.6) is 0 Å². The van der Waals surface area contributed by atoms with Crippen molar-refractivity contribution in [3.05, 3.63) is 81.0 Å². The lowest BCUT2D eigenvalue weighted by Gasteiger charge is -2.16. The first-order valence-electron chi connectivity index (χ1n) is 9.25. The molecule has 0 unspecified atom stereocenters. The molecule has 1 aromatic heterocycles. The Kier molecular flexibility index (Phi) is 5.38. The van der Waals surface area contributed by atoms with E-state index in [4.69, 9.17) is 0 Å². The topological polar surface area (TPSA) is 119 Å². The molecule has 3 aromatic rings. The van der Waals surface area contributed by atoms with Gasteiger partial charge < -0.3 is 20.7 Å². The number of nitro groups is 1. The molecule has 0 bridgehead atoms. The third-order valence-electron chi connectivity index (χ3n) is 4.81. The standard InChI is InChI=1S/C21H16BrN5O4/c1-2-19(28)24-15-8-14(22)9-16(10-15)26-11-18(20(25-26)27(30)31)12-3-4-17-13(7-12)5-6-23-21(17)29/h2-4,7-11H,1,5-6H2,(H,23,29)(H,24,28). The second-order valence-electron chi connectivity index (χ2n) is 6.84. The fourth-order valence-corrected chi connectivity index (χ4v) is 3.88. The first-order valence-corrected chi connectivity index (χ1v) is 10.0. The molecule has 4 rings (SSSR count). The summed E-state index contributed by atoms with van der Waals surface area (Å²) >= 11 is 3.38. The molecular weight excluding hydrogens is 466 g/mol. The van der Waals surface area contributed by atoms with Gasteiger partial charge in [0.2, 0.25) is 5.91 Å². The molecule has 9 nitrogen and oxygen atoms in total. The lowest BCUT2D eigenvalue weighted by atomic mass is 9.96. The molecular formula is C21H16BrN5O4. The molecule has 31 heavy (non-hydrogen) atoms. The van der Waals surface area contributed by atoms with E-state index in [-0.39, 0.29) is 17.6 Å². The Balaban J connectivity index is 1.79. The SMILES string of the molecule is C=CC(=O)Nc1cc(Br)cc(-n2cc(-c3ccc4c(c3)CCNC4=O)c([N+](=O)[O-])n2)c1. The van der Waals surface area contributed by atoms with E-state index >= 15 is 0 Å². The molecule has 156 valence electrons. The number of carbonyl (C=O) groups excluding carboxylic acids is 2. The van der Waals surface area contributed by atoms with Crippen molar-refractivity contribution in [3.63, 3.8) is 0 Å². The molecule has 0 atom stereocenters. The predicted molar refractivity (Wildman–Crippen MR) is 118 cm³/mol. The first-order chi connectivity index (χ1) is 14.9. The van der Waals surface area contributed by atoms with Crippen LogP contribution in [0, 0.1) is 10.1 Å². The number of aromatic nitrogens is 2. The Morgan fingerprint density at radius 3 is 2.84 bits per heavy atom. The second-order valence-corrected chi connectivity index (χ2v) is 7.75. The van der Waals surface area contributed by atoms with Crippen molar-refractivity contribution in [3.8, 4) is 16.8 Å². The van der Waals surface area contributed by atoms with Crippen LogP contribution >= 0.6 is 15.9 Å². The Bertz CT molecular complexity index is 1250. The number of anilines is 1. The summed E-state index contributed by atoms with van der Waals surface area (Å²) in [6, 6.07) is 10.2. The van der Waals surface area contributed by atoms with Crippen LogP contribution in [0.25, 0.3) is 16.8 Å². The molecule has 2 heterocycles. The van der Waals surface area contributed by atoms with Gasteiger partial charge in [0, 0.05) is 22.3 Å². The molecule has 0 saturated heterocycles. The quantitative estimate of drug-likeness (QED) is 0.327. The maximum absolute atomic E-state index is 12.0. The fourth-order valence-electron chi connectivity index (χ4n) is 3.40. The molecule has 0 saturated carbocycles. The van der Waals surface area contributed by atoms with E-state index < -0.39 is 4.92 Å². The number of halogens is 1. The van der Waals surface area contributed by atoms with E-state index in [1.54, 1.807) is 42.6 Å². The Hall–Kier alpha value is -3.79. The first kappa shape index (κ1) is 20.5. The van der Waals surface area contributed by atoms with Gasteiger partial charge in [0.1, 0.15) is 5.56 Å². The summed E-state index contributed by atoms with van der Waals surface area (Å²) in [5.41, 5.74) is 3.33. The number of hydrogen-bond donors (Lipinski definition) is 2. The Morgan fingerprint density at radius 1 is 1.29 bits per heavy atom. The van der Waals surface area contributed by atoms with Gasteiger partial charge in [0.15, 0.2) is 0 Å². The molecule has 2 amide bonds. The van der Waals surface area contributed by atoms with E-state index in [9.17, 15) is 19.7 Å². The summed E-state index contributed by atoms with van der Waals surface area (Å²) in [7, 11) is 0. The number of hydrogen-bond acceptors (Lipinski definition) is 5. The van der Waals surface area contributed by atoms with Gasteiger partial charge in [0.25, 0.3) is 5.91 Å². The average molecular weight is 482 g/mol. The number of amides is 2. The summed E-state index contributed by atoms with van der Waals surface area (Å²) in [4.78, 5) is 34.8. The van der Waals surface area contributed by atoms with Crippen molar-refractivity contribution in [2.45, 2.75) is 6.42 Å². The van der Waals surface area contributed by atoms with Gasteiger partial charge in [-0.05, 0) is 58.9 Å². The van der Waals surface area contributed by atoms with Crippen LogP contribution in [0.3, 0.4) is 0 Å². The molecule has 0 fully saturated rings. The number of nitrogens with zero attached hydrogens (tertiary/aromatic N) is 3. The van der Waals surface area contributed by atoms with Gasteiger partial charge in [-0.15, -0.1) is 4.68 Å². The third-order valence-corrected chi connectivity index (χ3v) is 5.27. The van der Waals surface area contributed by atoms with Crippen LogP contribution < -0.4 is 10.6 Å². The summed E-state index contributed by atoms with van der Waals surface area (Å²) in [5.74, 6) is -0.840. The smallest absolute Gasteiger partial charge is 0.358 e. The van der Waals surface area contributed by atoms with Crippen molar-refractivity contribution in [2.24, 2.45) is 0 Å². The van der Waals surface area contributed by atoms with Crippen molar-refractivity contribution in [2.75, 3.05) is 11.9 Å². The number of fused-ring (bicyclic) bond motifs is 1. The predicted octanol–water partition coefficient (Wildman–Crippen LogP) is 3.62. The van der Waals surface area contributed by atoms with Gasteiger partial charge in [-0.1, -0.05) is 28.6 Å². The fraction of sp³-hybridized carbons (Fsp3) is 0.0952. The van der Waals surface area contributed by atoms with Crippen molar-refractivity contribution < 1.29 is 14.5 Å². The molecule has 1 aliphatic heterocycles. The maximum atomic E-state index is 12.0. The van der Waals surface area contributed by atoms with Gasteiger partial charge in [0.05, 0.1) is 17.0 Å². The van der Waals surface area contributed by atoms with E-state index in [2.05, 4.69) is 38.2 Å².